The molecular formula is C19H31N3O3. The third-order valence-corrected chi connectivity index (χ3v) is 7.24. The van der Waals surface area contributed by atoms with Crippen molar-refractivity contribution in [2.24, 2.45) is 11.3 Å². The Bertz CT molecular complexity index is 518. The van der Waals surface area contributed by atoms with Crippen molar-refractivity contribution in [2.45, 2.75) is 57.4 Å². The van der Waals surface area contributed by atoms with E-state index in [9.17, 15) is 9.59 Å². The molecule has 2 aliphatic heterocycles. The number of carbonyl (C=O) groups excluding carboxylic acids is 1. The highest BCUT2D eigenvalue weighted by atomic mass is 16.4. The van der Waals surface area contributed by atoms with Crippen molar-refractivity contribution in [2.75, 3.05) is 39.3 Å². The van der Waals surface area contributed by atoms with Gasteiger partial charge in [-0.1, -0.05) is 6.42 Å². The number of nitrogens with zero attached hydrogens (tertiary/aromatic N) is 3. The average molecular weight is 349 g/mol. The molecule has 0 aromatic rings. The summed E-state index contributed by atoms with van der Waals surface area (Å²) in [5, 5.41) is 9.08. The third kappa shape index (κ3) is 3.37. The smallest absolute Gasteiger partial charge is 0.407 e. The van der Waals surface area contributed by atoms with E-state index in [1.165, 1.54) is 24.2 Å². The summed E-state index contributed by atoms with van der Waals surface area (Å²) in [6.45, 7) is 5.27. The molecule has 0 aromatic heterocycles. The van der Waals surface area contributed by atoms with E-state index < -0.39 is 6.09 Å². The van der Waals surface area contributed by atoms with Crippen molar-refractivity contribution in [3.05, 3.63) is 0 Å². The Morgan fingerprint density at radius 3 is 2.16 bits per heavy atom. The highest BCUT2D eigenvalue weighted by Crippen LogP contribution is 2.53. The van der Waals surface area contributed by atoms with E-state index in [0.717, 1.165) is 64.3 Å². The minimum atomic E-state index is -0.803. The molecule has 2 aliphatic carbocycles. The molecule has 6 nitrogen and oxygen atoms in total. The van der Waals surface area contributed by atoms with Crippen LogP contribution in [0.4, 0.5) is 4.79 Å². The van der Waals surface area contributed by atoms with Gasteiger partial charge in [0.25, 0.3) is 0 Å². The van der Waals surface area contributed by atoms with Crippen LogP contribution in [0.3, 0.4) is 0 Å². The fraction of sp³-hybridized carbons (Fsp3) is 0.895. The van der Waals surface area contributed by atoms with Crippen molar-refractivity contribution in [1.29, 1.82) is 0 Å². The molecule has 0 aromatic carbocycles. The van der Waals surface area contributed by atoms with Crippen LogP contribution in [-0.2, 0) is 4.79 Å². The topological polar surface area (TPSA) is 64.1 Å². The first-order chi connectivity index (χ1) is 12.1. The minimum Gasteiger partial charge on any atom is -0.465 e. The van der Waals surface area contributed by atoms with Crippen molar-refractivity contribution in [3.8, 4) is 0 Å². The van der Waals surface area contributed by atoms with Gasteiger partial charge in [0.2, 0.25) is 5.91 Å². The summed E-state index contributed by atoms with van der Waals surface area (Å²) in [4.78, 5) is 30.2. The van der Waals surface area contributed by atoms with E-state index in [1.807, 2.05) is 0 Å². The monoisotopic (exact) mass is 349 g/mol. The standard InChI is InChI=1S/C19H31N3O3/c23-17(21-8-2-7-20(11-12-21)16-3-1-4-16)15-13-19(14-15)5-9-22(10-6-19)18(24)25/h15-16H,1-14H2,(H,24,25). The van der Waals surface area contributed by atoms with Crippen LogP contribution < -0.4 is 0 Å². The molecule has 0 radical (unpaired) electrons. The van der Waals surface area contributed by atoms with E-state index in [-0.39, 0.29) is 11.3 Å². The number of likely N-dealkylation sites (tertiary alicyclic amines) is 1. The van der Waals surface area contributed by atoms with Gasteiger partial charge in [-0.3, -0.25) is 9.69 Å². The summed E-state index contributed by atoms with van der Waals surface area (Å²) < 4.78 is 0. The Morgan fingerprint density at radius 1 is 0.840 bits per heavy atom. The lowest BCUT2D eigenvalue weighted by Gasteiger charge is -2.52. The lowest BCUT2D eigenvalue weighted by atomic mass is 9.57. The zero-order chi connectivity index (χ0) is 17.4. The van der Waals surface area contributed by atoms with Crippen LogP contribution in [0.2, 0.25) is 0 Å². The maximum Gasteiger partial charge on any atom is 0.407 e. The molecule has 2 amide bonds. The fourth-order valence-electron chi connectivity index (χ4n) is 5.27. The number of carbonyl (C=O) groups is 2. The van der Waals surface area contributed by atoms with E-state index in [0.29, 0.717) is 19.0 Å². The Hall–Kier alpha value is -1.30. The molecule has 1 N–H and O–H groups in total. The van der Waals surface area contributed by atoms with Crippen molar-refractivity contribution in [1.82, 2.24) is 14.7 Å². The van der Waals surface area contributed by atoms with Crippen LogP contribution >= 0.6 is 0 Å². The Balaban J connectivity index is 1.25. The number of amides is 2. The van der Waals surface area contributed by atoms with Gasteiger partial charge < -0.3 is 14.9 Å². The van der Waals surface area contributed by atoms with Crippen molar-refractivity contribution in [3.63, 3.8) is 0 Å². The van der Waals surface area contributed by atoms with Crippen LogP contribution in [0.5, 0.6) is 0 Å². The van der Waals surface area contributed by atoms with Crippen molar-refractivity contribution < 1.29 is 14.7 Å². The quantitative estimate of drug-likeness (QED) is 0.830. The first kappa shape index (κ1) is 17.1. The summed E-state index contributed by atoms with van der Waals surface area (Å²) in [7, 11) is 0. The molecule has 1 spiro atoms. The van der Waals surface area contributed by atoms with Gasteiger partial charge in [0.05, 0.1) is 0 Å². The number of carboxylic acid groups (broad SMARTS) is 1. The molecule has 0 bridgehead atoms. The van der Waals surface area contributed by atoms with E-state index in [2.05, 4.69) is 9.80 Å². The van der Waals surface area contributed by atoms with Gasteiger partial charge in [-0.25, -0.2) is 4.79 Å². The SMILES string of the molecule is O=C(O)N1CCC2(CC1)CC(C(=O)N1CCCN(C3CCC3)CC1)C2. The number of hydrogen-bond acceptors (Lipinski definition) is 3. The second-order valence-electron chi connectivity index (χ2n) is 8.67. The molecule has 4 rings (SSSR count). The molecule has 25 heavy (non-hydrogen) atoms. The zero-order valence-electron chi connectivity index (χ0n) is 15.2. The minimum absolute atomic E-state index is 0.187. The molecule has 140 valence electrons. The molecule has 4 fully saturated rings. The Kier molecular flexibility index (Phi) is 4.65. The highest BCUT2D eigenvalue weighted by Gasteiger charge is 2.49. The molecule has 0 atom stereocenters. The van der Waals surface area contributed by atoms with E-state index >= 15 is 0 Å². The molecule has 2 saturated heterocycles. The van der Waals surface area contributed by atoms with Crippen LogP contribution in [-0.4, -0.2) is 77.1 Å². The summed E-state index contributed by atoms with van der Waals surface area (Å²) in [6.07, 6.45) is 8.16. The normalized spacial score (nSPS) is 28.3. The molecule has 2 heterocycles. The molecule has 6 heteroatoms. The largest absolute Gasteiger partial charge is 0.465 e. The van der Waals surface area contributed by atoms with Gasteiger partial charge in [-0.15, -0.1) is 0 Å². The first-order valence-corrected chi connectivity index (χ1v) is 10.1. The van der Waals surface area contributed by atoms with E-state index in [4.69, 9.17) is 5.11 Å². The Morgan fingerprint density at radius 2 is 1.56 bits per heavy atom. The van der Waals surface area contributed by atoms with Gasteiger partial charge >= 0.3 is 6.09 Å². The summed E-state index contributed by atoms with van der Waals surface area (Å²) in [5.41, 5.74) is 0.246. The van der Waals surface area contributed by atoms with Crippen LogP contribution in [0.1, 0.15) is 51.4 Å². The first-order valence-electron chi connectivity index (χ1n) is 10.1. The average Bonchev–Trinajstić information content (AvgIpc) is 2.76. The predicted octanol–water partition coefficient (Wildman–Crippen LogP) is 2.24. The number of rotatable bonds is 2. The predicted molar refractivity (Wildman–Crippen MR) is 94.4 cm³/mol. The van der Waals surface area contributed by atoms with E-state index in [1.54, 1.807) is 0 Å². The second-order valence-corrected chi connectivity index (χ2v) is 8.67. The second kappa shape index (κ2) is 6.78. The van der Waals surface area contributed by atoms with Crippen LogP contribution in [0, 0.1) is 11.3 Å². The maximum atomic E-state index is 12.9. The molecular weight excluding hydrogens is 318 g/mol. The highest BCUT2D eigenvalue weighted by molar-refractivity contribution is 5.80. The molecule has 4 aliphatic rings. The van der Waals surface area contributed by atoms with Crippen LogP contribution in [0.25, 0.3) is 0 Å². The number of piperidine rings is 1. The lowest BCUT2D eigenvalue weighted by molar-refractivity contribution is -0.145. The van der Waals surface area contributed by atoms with Gasteiger partial charge in [-0.2, -0.15) is 0 Å². The Labute approximate surface area is 150 Å². The van der Waals surface area contributed by atoms with Gasteiger partial charge in [0.1, 0.15) is 0 Å². The molecule has 2 saturated carbocycles. The summed E-state index contributed by atoms with van der Waals surface area (Å²) in [5.74, 6) is 0.549. The van der Waals surface area contributed by atoms with Gasteiger partial charge in [-0.05, 0) is 50.4 Å². The van der Waals surface area contributed by atoms with Gasteiger partial charge in [0.15, 0.2) is 0 Å². The fourth-order valence-corrected chi connectivity index (χ4v) is 5.27. The van der Waals surface area contributed by atoms with Gasteiger partial charge in [0, 0.05) is 51.2 Å². The third-order valence-electron chi connectivity index (χ3n) is 7.24. The maximum absolute atomic E-state index is 12.9. The van der Waals surface area contributed by atoms with Crippen molar-refractivity contribution >= 4 is 12.0 Å². The molecule has 0 unspecified atom stereocenters. The summed E-state index contributed by atoms with van der Waals surface area (Å²) in [6, 6.07) is 0.779. The van der Waals surface area contributed by atoms with Crippen LogP contribution in [0.15, 0.2) is 0 Å². The zero-order valence-corrected chi connectivity index (χ0v) is 15.2. The number of hydrogen-bond donors (Lipinski definition) is 1. The lowest BCUT2D eigenvalue weighted by Crippen LogP contribution is -2.53. The summed E-state index contributed by atoms with van der Waals surface area (Å²) >= 11 is 0.